The van der Waals surface area contributed by atoms with Gasteiger partial charge in [-0.3, -0.25) is 0 Å². The molecule has 5 rings (SSSR count). The Labute approximate surface area is 182 Å². The van der Waals surface area contributed by atoms with Crippen molar-refractivity contribution < 1.29 is 22.1 Å². The maximum Gasteiger partial charge on any atom is 0.357 e. The zero-order valence-corrected chi connectivity index (χ0v) is 17.0. The summed E-state index contributed by atoms with van der Waals surface area (Å²) in [6.07, 6.45) is 3.01. The van der Waals surface area contributed by atoms with Gasteiger partial charge in [0.15, 0.2) is 11.5 Å². The van der Waals surface area contributed by atoms with Gasteiger partial charge in [-0.2, -0.15) is 9.89 Å². The monoisotopic (exact) mass is 439 g/mol. The van der Waals surface area contributed by atoms with Crippen LogP contribution in [0.2, 0.25) is 5.02 Å². The van der Waals surface area contributed by atoms with Crippen molar-refractivity contribution in [3.05, 3.63) is 71.8 Å². The number of nitrogens with two attached hydrogens (primary N) is 1. The zero-order chi connectivity index (χ0) is 20.0. The molecule has 2 aromatic carbocycles. The highest BCUT2D eigenvalue weighted by Crippen LogP contribution is 2.23. The summed E-state index contributed by atoms with van der Waals surface area (Å²) in [5.41, 5.74) is 8.90. The molecule has 0 fully saturated rings. The number of hydrogen-bond acceptors (Lipinski definition) is 6. The van der Waals surface area contributed by atoms with Crippen molar-refractivity contribution in [1.82, 2.24) is 19.5 Å². The molecule has 0 bridgehead atoms. The third kappa shape index (κ3) is 3.30. The quantitative estimate of drug-likeness (QED) is 0.433. The summed E-state index contributed by atoms with van der Waals surface area (Å²) in [6.45, 7) is 0.300. The van der Waals surface area contributed by atoms with Gasteiger partial charge in [-0.1, -0.05) is 29.8 Å². The number of imidazole rings is 1. The Morgan fingerprint density at radius 1 is 1.07 bits per heavy atom. The van der Waals surface area contributed by atoms with Crippen LogP contribution in [0.25, 0.3) is 11.2 Å². The predicted octanol–water partition coefficient (Wildman–Crippen LogP) is -0.833. The number of carbonyl (C=O) groups excluding carboxylic acids is 1. The first-order chi connectivity index (χ1) is 14.1. The average molecular weight is 440 g/mol. The van der Waals surface area contributed by atoms with Crippen LogP contribution in [-0.2, 0) is 6.54 Å². The van der Waals surface area contributed by atoms with E-state index in [4.69, 9.17) is 22.3 Å². The maximum atomic E-state index is 13.4. The molecule has 1 aliphatic rings. The summed E-state index contributed by atoms with van der Waals surface area (Å²) >= 11 is 6.19. The lowest BCUT2D eigenvalue weighted by molar-refractivity contribution is -0.635. The van der Waals surface area contributed by atoms with Gasteiger partial charge in [-0.25, -0.2) is 19.7 Å². The standard InChI is InChI=1S/C20H14ClN7O.ClH/c21-12-4-3-5-13(8-12)28-16(26-15-7-2-1-6-14(15)20(28)29)9-27-11-25-17-18(22)23-10-24-19(17)27;/h1-8,10-11H,9H2,(H2,22,23,24);1H. The van der Waals surface area contributed by atoms with Crippen molar-refractivity contribution in [2.24, 2.45) is 4.99 Å². The highest BCUT2D eigenvalue weighted by molar-refractivity contribution is 6.30. The molecular weight excluding hydrogens is 425 g/mol. The molecule has 0 spiro atoms. The number of nitrogen functional groups attached to an aromatic ring is 1. The molecule has 3 heterocycles. The molecule has 1 atom stereocenters. The zero-order valence-electron chi connectivity index (χ0n) is 15.5. The lowest BCUT2D eigenvalue weighted by Gasteiger charge is -2.23. The van der Waals surface area contributed by atoms with Gasteiger partial charge in [0.1, 0.15) is 29.6 Å². The first kappa shape index (κ1) is 20.0. The number of nitrogens with zero attached hydrogens (tertiary/aromatic N) is 5. The Kier molecular flexibility index (Phi) is 5.21. The van der Waals surface area contributed by atoms with Crippen molar-refractivity contribution in [3.63, 3.8) is 0 Å². The Hall–Kier alpha value is -3.33. The SMILES string of the molecule is Nc1ncnc2c1ncn2CC1=Nc2ccccc2C(=O)[NH+]1c1cccc(Cl)c1.[Cl-]. The molecule has 8 nitrogen and oxygen atoms in total. The fourth-order valence-corrected chi connectivity index (χ4v) is 3.65. The van der Waals surface area contributed by atoms with E-state index in [2.05, 4.69) is 15.0 Å². The normalized spacial score (nSPS) is 15.4. The largest absolute Gasteiger partial charge is 1.00 e. The van der Waals surface area contributed by atoms with E-state index in [1.165, 1.54) is 6.33 Å². The van der Waals surface area contributed by atoms with Gasteiger partial charge in [-0.05, 0) is 18.2 Å². The molecule has 1 aliphatic heterocycles. The van der Waals surface area contributed by atoms with E-state index in [-0.39, 0.29) is 18.3 Å². The molecule has 1 unspecified atom stereocenters. The van der Waals surface area contributed by atoms with Gasteiger partial charge in [0.05, 0.1) is 12.0 Å². The molecule has 0 aliphatic carbocycles. The van der Waals surface area contributed by atoms with Gasteiger partial charge < -0.3 is 22.7 Å². The average Bonchev–Trinajstić information content (AvgIpc) is 3.12. The van der Waals surface area contributed by atoms with Crippen molar-refractivity contribution in [2.75, 3.05) is 5.73 Å². The number of amides is 1. The highest BCUT2D eigenvalue weighted by atomic mass is 35.5. The van der Waals surface area contributed by atoms with Crippen molar-refractivity contribution in [3.8, 4) is 0 Å². The van der Waals surface area contributed by atoms with E-state index in [0.717, 1.165) is 0 Å². The van der Waals surface area contributed by atoms with Gasteiger partial charge >= 0.3 is 5.91 Å². The van der Waals surface area contributed by atoms with Gasteiger partial charge in [-0.15, -0.1) is 0 Å². The van der Waals surface area contributed by atoms with Crippen LogP contribution in [0, 0.1) is 0 Å². The number of quaternary nitrogens is 1. The Morgan fingerprint density at radius 3 is 2.73 bits per heavy atom. The molecule has 0 radical (unpaired) electrons. The highest BCUT2D eigenvalue weighted by Gasteiger charge is 2.36. The van der Waals surface area contributed by atoms with Crippen LogP contribution in [-0.4, -0.2) is 31.3 Å². The fourth-order valence-electron chi connectivity index (χ4n) is 3.46. The molecule has 0 saturated heterocycles. The molecule has 2 aromatic heterocycles. The number of rotatable bonds is 3. The van der Waals surface area contributed by atoms with Crippen LogP contribution in [0.3, 0.4) is 0 Å². The second kappa shape index (κ2) is 7.83. The molecule has 0 saturated carbocycles. The number of carbonyl (C=O) groups is 1. The molecule has 3 N–H and O–H groups in total. The number of hydrogen-bond donors (Lipinski definition) is 2. The molecule has 1 amide bonds. The minimum absolute atomic E-state index is 0. The Morgan fingerprint density at radius 2 is 1.90 bits per heavy atom. The van der Waals surface area contributed by atoms with E-state index in [9.17, 15) is 4.79 Å². The van der Waals surface area contributed by atoms with E-state index in [1.54, 1.807) is 29.1 Å². The number of nitrogens with one attached hydrogen (secondary N) is 1. The number of halogens is 2. The van der Waals surface area contributed by atoms with Crippen LogP contribution in [0.5, 0.6) is 0 Å². The molecule has 4 aromatic rings. The van der Waals surface area contributed by atoms with Crippen LogP contribution in [0.4, 0.5) is 17.2 Å². The molecule has 30 heavy (non-hydrogen) atoms. The first-order valence-electron chi connectivity index (χ1n) is 8.87. The van der Waals surface area contributed by atoms with Crippen LogP contribution in [0.1, 0.15) is 10.4 Å². The Balaban J connectivity index is 0.00000218. The summed E-state index contributed by atoms with van der Waals surface area (Å²) in [5, 5.41) is 0.551. The summed E-state index contributed by atoms with van der Waals surface area (Å²) in [4.78, 5) is 31.2. The summed E-state index contributed by atoms with van der Waals surface area (Å²) in [6, 6.07) is 14.5. The number of amidine groups is 1. The third-order valence-corrected chi connectivity index (χ3v) is 5.02. The van der Waals surface area contributed by atoms with E-state index in [0.29, 0.717) is 56.2 Å². The summed E-state index contributed by atoms with van der Waals surface area (Å²) < 4.78 is 1.80. The van der Waals surface area contributed by atoms with Crippen molar-refractivity contribution >= 4 is 51.7 Å². The summed E-state index contributed by atoms with van der Waals surface area (Å²) in [7, 11) is 0. The van der Waals surface area contributed by atoms with Crippen LogP contribution >= 0.6 is 11.6 Å². The third-order valence-electron chi connectivity index (χ3n) is 4.78. The minimum Gasteiger partial charge on any atom is -1.00 e. The van der Waals surface area contributed by atoms with E-state index < -0.39 is 0 Å². The Bertz CT molecular complexity index is 1300. The number of aromatic nitrogens is 4. The van der Waals surface area contributed by atoms with E-state index >= 15 is 0 Å². The summed E-state index contributed by atoms with van der Waals surface area (Å²) in [5.74, 6) is 0.818. The topological polar surface area (TPSA) is 103 Å². The minimum atomic E-state index is -0.0913. The van der Waals surface area contributed by atoms with Gasteiger partial charge in [0, 0.05) is 17.2 Å². The van der Waals surface area contributed by atoms with Crippen molar-refractivity contribution in [2.45, 2.75) is 6.54 Å². The lowest BCUT2D eigenvalue weighted by Crippen LogP contribution is -3.13. The van der Waals surface area contributed by atoms with E-state index in [1.807, 2.05) is 30.3 Å². The smallest absolute Gasteiger partial charge is 0.357 e. The van der Waals surface area contributed by atoms with Crippen LogP contribution < -0.4 is 23.0 Å². The maximum absolute atomic E-state index is 13.4. The fraction of sp³-hybridized carbons (Fsp3) is 0.0500. The molecular formula is C20H15Cl2N7O. The second-order valence-corrected chi connectivity index (χ2v) is 7.03. The molecule has 10 heteroatoms. The predicted molar refractivity (Wildman–Crippen MR) is 110 cm³/mol. The second-order valence-electron chi connectivity index (χ2n) is 6.59. The number of fused-ring (bicyclic) bond motifs is 2. The van der Waals surface area contributed by atoms with Gasteiger partial charge in [0.25, 0.3) is 0 Å². The number of benzene rings is 2. The lowest BCUT2D eigenvalue weighted by atomic mass is 10.1. The number of para-hydroxylation sites is 1. The van der Waals surface area contributed by atoms with Gasteiger partial charge in [0.2, 0.25) is 5.84 Å². The first-order valence-corrected chi connectivity index (χ1v) is 9.25. The number of anilines is 1. The molecule has 150 valence electrons. The van der Waals surface area contributed by atoms with Crippen molar-refractivity contribution in [1.29, 1.82) is 0 Å². The number of aliphatic imine (C=N–C) groups is 1. The van der Waals surface area contributed by atoms with Crippen LogP contribution in [0.15, 0.2) is 66.2 Å².